The first-order chi connectivity index (χ1) is 13.0. The average molecular weight is 366 g/mol. The number of fused-ring (bicyclic) bond motifs is 1. The fourth-order valence-electron chi connectivity index (χ4n) is 2.78. The van der Waals surface area contributed by atoms with E-state index in [2.05, 4.69) is 5.32 Å². The number of amides is 1. The highest BCUT2D eigenvalue weighted by atomic mass is 16.5. The van der Waals surface area contributed by atoms with E-state index in [9.17, 15) is 19.5 Å². The normalized spacial score (nSPS) is 11.7. The van der Waals surface area contributed by atoms with Gasteiger partial charge in [-0.05, 0) is 41.8 Å². The van der Waals surface area contributed by atoms with Gasteiger partial charge in [-0.3, -0.25) is 9.59 Å². The van der Waals surface area contributed by atoms with Crippen LogP contribution in [0.1, 0.15) is 10.4 Å². The zero-order chi connectivity index (χ0) is 19.4. The van der Waals surface area contributed by atoms with Gasteiger partial charge in [-0.2, -0.15) is 0 Å². The predicted molar refractivity (Wildman–Crippen MR) is 100 cm³/mol. The highest BCUT2D eigenvalue weighted by Gasteiger charge is 2.22. The summed E-state index contributed by atoms with van der Waals surface area (Å²) < 4.78 is 6.39. The van der Waals surface area contributed by atoms with Crippen molar-refractivity contribution in [1.82, 2.24) is 9.88 Å². The van der Waals surface area contributed by atoms with Crippen LogP contribution in [0.25, 0.3) is 10.9 Å². The number of rotatable bonds is 6. The Morgan fingerprint density at radius 3 is 2.44 bits per heavy atom. The number of para-hydroxylation sites is 1. The van der Waals surface area contributed by atoms with Crippen molar-refractivity contribution >= 4 is 22.8 Å². The number of carbonyl (C=O) groups excluding carboxylic acids is 1. The first-order valence-electron chi connectivity index (χ1n) is 8.26. The molecule has 0 saturated heterocycles. The highest BCUT2D eigenvalue weighted by molar-refractivity contribution is 5.96. The lowest BCUT2D eigenvalue weighted by Gasteiger charge is -2.17. The quantitative estimate of drug-likeness (QED) is 0.694. The maximum absolute atomic E-state index is 12.4. The average Bonchev–Trinajstić information content (AvgIpc) is 2.69. The fraction of sp³-hybridized carbons (Fsp3) is 0.150. The predicted octanol–water partition coefficient (Wildman–Crippen LogP) is 1.89. The number of aliphatic carboxylic acids is 1. The number of carboxylic acid groups (broad SMARTS) is 1. The van der Waals surface area contributed by atoms with Gasteiger partial charge in [0.2, 0.25) is 0 Å². The van der Waals surface area contributed by atoms with Gasteiger partial charge in [-0.1, -0.05) is 18.2 Å². The third-order valence-corrected chi connectivity index (χ3v) is 4.22. The van der Waals surface area contributed by atoms with Crippen LogP contribution in [-0.2, 0) is 11.3 Å². The molecule has 1 aromatic heterocycles. The van der Waals surface area contributed by atoms with E-state index in [1.165, 1.54) is 29.9 Å². The van der Waals surface area contributed by atoms with Crippen LogP contribution in [0.3, 0.4) is 0 Å². The zero-order valence-corrected chi connectivity index (χ0v) is 14.6. The monoisotopic (exact) mass is 366 g/mol. The Kier molecular flexibility index (Phi) is 5.21. The van der Waals surface area contributed by atoms with Crippen LogP contribution in [0, 0.1) is 0 Å². The van der Waals surface area contributed by atoms with Crippen LogP contribution in [0.5, 0.6) is 5.75 Å². The minimum Gasteiger partial charge on any atom is -0.497 e. The summed E-state index contributed by atoms with van der Waals surface area (Å²) in [6.45, 7) is -0.183. The molecular weight excluding hydrogens is 348 g/mol. The molecule has 0 aliphatic rings. The smallest absolute Gasteiger partial charge is 0.328 e. The molecule has 1 heterocycles. The maximum atomic E-state index is 12.4. The summed E-state index contributed by atoms with van der Waals surface area (Å²) in [5, 5.41) is 12.8. The number of benzene rings is 2. The Labute approximate surface area is 154 Å². The fourth-order valence-corrected chi connectivity index (χ4v) is 2.78. The molecule has 1 unspecified atom stereocenters. The van der Waals surface area contributed by atoms with Crippen molar-refractivity contribution in [3.63, 3.8) is 0 Å². The first-order valence-corrected chi connectivity index (χ1v) is 8.26. The van der Waals surface area contributed by atoms with Gasteiger partial charge in [0.15, 0.2) is 0 Å². The molecule has 3 aromatic rings. The van der Waals surface area contributed by atoms with Gasteiger partial charge in [0.05, 0.1) is 19.2 Å². The molecule has 7 heteroatoms. The molecule has 2 N–H and O–H groups in total. The second-order valence-corrected chi connectivity index (χ2v) is 5.93. The van der Waals surface area contributed by atoms with Crippen LogP contribution < -0.4 is 15.6 Å². The van der Waals surface area contributed by atoms with Crippen LogP contribution in [-0.4, -0.2) is 34.7 Å². The highest BCUT2D eigenvalue weighted by Crippen LogP contribution is 2.13. The summed E-state index contributed by atoms with van der Waals surface area (Å²) in [7, 11) is 1.51. The molecule has 7 nitrogen and oxygen atoms in total. The molecule has 1 amide bonds. The second-order valence-electron chi connectivity index (χ2n) is 5.93. The van der Waals surface area contributed by atoms with Crippen LogP contribution in [0.2, 0.25) is 0 Å². The lowest BCUT2D eigenvalue weighted by Crippen LogP contribution is -2.45. The number of carbonyl (C=O) groups is 2. The van der Waals surface area contributed by atoms with E-state index >= 15 is 0 Å². The molecule has 2 aromatic carbocycles. The number of ether oxygens (including phenoxy) is 1. The van der Waals surface area contributed by atoms with Gasteiger partial charge in [0.25, 0.3) is 11.5 Å². The molecule has 0 aliphatic heterocycles. The molecule has 1 atom stereocenters. The topological polar surface area (TPSA) is 97.6 Å². The third kappa shape index (κ3) is 3.98. The second kappa shape index (κ2) is 7.74. The third-order valence-electron chi connectivity index (χ3n) is 4.22. The number of pyridine rings is 1. The summed E-state index contributed by atoms with van der Waals surface area (Å²) in [5.74, 6) is -1.18. The van der Waals surface area contributed by atoms with E-state index in [1.807, 2.05) is 12.1 Å². The number of carboxylic acids is 1. The van der Waals surface area contributed by atoms with Gasteiger partial charge in [0.1, 0.15) is 11.8 Å². The summed E-state index contributed by atoms with van der Waals surface area (Å²) in [4.78, 5) is 36.3. The molecule has 0 spiro atoms. The van der Waals surface area contributed by atoms with E-state index in [0.29, 0.717) is 16.8 Å². The van der Waals surface area contributed by atoms with Crippen LogP contribution in [0.4, 0.5) is 0 Å². The lowest BCUT2D eigenvalue weighted by molar-refractivity contribution is -0.139. The van der Waals surface area contributed by atoms with Gasteiger partial charge in [0, 0.05) is 11.6 Å². The SMILES string of the molecule is COc1ccc(C(=O)NC(Cn2c(=O)ccc3ccccc32)C(=O)O)cc1. The van der Waals surface area contributed by atoms with E-state index < -0.39 is 17.9 Å². The number of nitrogens with one attached hydrogen (secondary N) is 1. The summed E-state index contributed by atoms with van der Waals surface area (Å²) in [6, 6.07) is 15.3. The van der Waals surface area contributed by atoms with Crippen molar-refractivity contribution in [2.45, 2.75) is 12.6 Å². The van der Waals surface area contributed by atoms with E-state index in [0.717, 1.165) is 5.39 Å². The molecule has 3 rings (SSSR count). The Morgan fingerprint density at radius 1 is 1.07 bits per heavy atom. The molecule has 0 aliphatic carbocycles. The van der Waals surface area contributed by atoms with E-state index in [4.69, 9.17) is 4.74 Å². The maximum Gasteiger partial charge on any atom is 0.328 e. The number of methoxy groups -OCH3 is 1. The van der Waals surface area contributed by atoms with Crippen molar-refractivity contribution in [2.24, 2.45) is 0 Å². The van der Waals surface area contributed by atoms with E-state index in [1.54, 1.807) is 30.3 Å². The first kappa shape index (κ1) is 18.2. The standard InChI is InChI=1S/C20H18N2O5/c1-27-15-9-6-14(7-10-15)19(24)21-16(20(25)26)12-22-17-5-3-2-4-13(17)8-11-18(22)23/h2-11,16H,12H2,1H3,(H,21,24)(H,25,26). The van der Waals surface area contributed by atoms with Crippen molar-refractivity contribution in [3.05, 3.63) is 76.6 Å². The molecule has 0 fully saturated rings. The van der Waals surface area contributed by atoms with Crippen molar-refractivity contribution < 1.29 is 19.4 Å². The largest absolute Gasteiger partial charge is 0.497 e. The molecular formula is C20H18N2O5. The van der Waals surface area contributed by atoms with Crippen LogP contribution >= 0.6 is 0 Å². The van der Waals surface area contributed by atoms with Gasteiger partial charge < -0.3 is 19.7 Å². The van der Waals surface area contributed by atoms with Gasteiger partial charge in [-0.15, -0.1) is 0 Å². The zero-order valence-electron chi connectivity index (χ0n) is 14.6. The number of hydrogen-bond donors (Lipinski definition) is 2. The molecule has 138 valence electrons. The Bertz CT molecular complexity index is 1040. The Balaban J connectivity index is 1.86. The molecule has 27 heavy (non-hydrogen) atoms. The van der Waals surface area contributed by atoms with Crippen molar-refractivity contribution in [2.75, 3.05) is 7.11 Å². The number of hydrogen-bond acceptors (Lipinski definition) is 4. The van der Waals surface area contributed by atoms with Crippen LogP contribution in [0.15, 0.2) is 65.5 Å². The molecule has 0 bridgehead atoms. The molecule has 0 saturated carbocycles. The molecule has 0 radical (unpaired) electrons. The number of nitrogens with zero attached hydrogens (tertiary/aromatic N) is 1. The van der Waals surface area contributed by atoms with Gasteiger partial charge in [-0.25, -0.2) is 4.79 Å². The minimum atomic E-state index is -1.26. The number of aromatic nitrogens is 1. The van der Waals surface area contributed by atoms with E-state index in [-0.39, 0.29) is 12.1 Å². The summed E-state index contributed by atoms with van der Waals surface area (Å²) >= 11 is 0. The Hall–Kier alpha value is -3.61. The minimum absolute atomic E-state index is 0.183. The van der Waals surface area contributed by atoms with Crippen molar-refractivity contribution in [3.8, 4) is 5.75 Å². The Morgan fingerprint density at radius 2 is 1.78 bits per heavy atom. The summed E-state index contributed by atoms with van der Waals surface area (Å²) in [5.41, 5.74) is 0.570. The van der Waals surface area contributed by atoms with Gasteiger partial charge >= 0.3 is 5.97 Å². The summed E-state index contributed by atoms with van der Waals surface area (Å²) in [6.07, 6.45) is 0. The van der Waals surface area contributed by atoms with Crippen molar-refractivity contribution in [1.29, 1.82) is 0 Å². The lowest BCUT2D eigenvalue weighted by atomic mass is 10.1.